The Morgan fingerprint density at radius 3 is 2.78 bits per heavy atom. The van der Waals surface area contributed by atoms with Crippen molar-refractivity contribution >= 4 is 18.0 Å². The van der Waals surface area contributed by atoms with E-state index in [2.05, 4.69) is 25.1 Å². The molecule has 1 rings (SSSR count). The van der Waals surface area contributed by atoms with Crippen molar-refractivity contribution in [3.05, 3.63) is 0 Å². The van der Waals surface area contributed by atoms with E-state index in [1.807, 2.05) is 11.8 Å². The van der Waals surface area contributed by atoms with E-state index in [0.717, 1.165) is 12.5 Å². The molecule has 0 radical (unpaired) electrons. The van der Waals surface area contributed by atoms with Gasteiger partial charge in [0.1, 0.15) is 0 Å². The zero-order valence-electron chi connectivity index (χ0n) is 6.00. The minimum Gasteiger partial charge on any atom is -0.295 e. The molecule has 0 spiro atoms. The first-order valence-electron chi connectivity index (χ1n) is 3.42. The van der Waals surface area contributed by atoms with Gasteiger partial charge >= 0.3 is 0 Å². The summed E-state index contributed by atoms with van der Waals surface area (Å²) in [6.07, 6.45) is 2.10. The van der Waals surface area contributed by atoms with Crippen LogP contribution in [0.2, 0.25) is 0 Å². The molecule has 0 aromatic rings. The number of nitrogens with zero attached hydrogens (tertiary/aromatic N) is 1. The molecule has 1 unspecified atom stereocenters. The van der Waals surface area contributed by atoms with Gasteiger partial charge in [0.05, 0.1) is 0 Å². The minimum absolute atomic E-state index is 0.679. The molecule has 1 nitrogen and oxygen atoms in total. The van der Waals surface area contributed by atoms with Gasteiger partial charge in [-0.3, -0.25) is 4.99 Å². The minimum atomic E-state index is 0.679. The van der Waals surface area contributed by atoms with Gasteiger partial charge in [-0.25, -0.2) is 0 Å². The molecule has 0 amide bonds. The van der Waals surface area contributed by atoms with Gasteiger partial charge < -0.3 is 0 Å². The summed E-state index contributed by atoms with van der Waals surface area (Å²) < 4.78 is 0. The average molecular weight is 143 g/mol. The van der Waals surface area contributed by atoms with Crippen molar-refractivity contribution in [2.75, 3.05) is 12.3 Å². The van der Waals surface area contributed by atoms with Crippen LogP contribution in [0.1, 0.15) is 13.8 Å². The molecule has 9 heavy (non-hydrogen) atoms. The van der Waals surface area contributed by atoms with E-state index in [1.165, 1.54) is 5.75 Å². The Kier molecular flexibility index (Phi) is 2.58. The van der Waals surface area contributed by atoms with Crippen LogP contribution in [0.25, 0.3) is 0 Å². The Labute approximate surface area is 60.9 Å². The van der Waals surface area contributed by atoms with Crippen molar-refractivity contribution in [3.63, 3.8) is 0 Å². The van der Waals surface area contributed by atoms with Gasteiger partial charge in [-0.2, -0.15) is 11.8 Å². The fourth-order valence-electron chi connectivity index (χ4n) is 0.828. The van der Waals surface area contributed by atoms with E-state index >= 15 is 0 Å². The zero-order chi connectivity index (χ0) is 6.69. The number of rotatable bonds is 1. The molecule has 2 heteroatoms. The van der Waals surface area contributed by atoms with Crippen LogP contribution in [0.3, 0.4) is 0 Å². The fraction of sp³-hybridized carbons (Fsp3) is 0.857. The summed E-state index contributed by atoms with van der Waals surface area (Å²) in [5.41, 5.74) is 0. The highest BCUT2D eigenvalue weighted by atomic mass is 32.2. The molecule has 0 aromatic carbocycles. The van der Waals surface area contributed by atoms with Crippen LogP contribution in [0.15, 0.2) is 4.99 Å². The van der Waals surface area contributed by atoms with E-state index in [9.17, 15) is 0 Å². The highest BCUT2D eigenvalue weighted by Crippen LogP contribution is 2.19. The van der Waals surface area contributed by atoms with E-state index in [1.54, 1.807) is 0 Å². The van der Waals surface area contributed by atoms with E-state index in [4.69, 9.17) is 0 Å². The molecule has 52 valence electrons. The monoisotopic (exact) mass is 143 g/mol. The van der Waals surface area contributed by atoms with Crippen LogP contribution >= 0.6 is 11.8 Å². The SMILES string of the molecule is CC(C)C1C=NCCS1. The lowest BCUT2D eigenvalue weighted by atomic mass is 10.1. The van der Waals surface area contributed by atoms with Crippen molar-refractivity contribution in [2.45, 2.75) is 19.1 Å². The van der Waals surface area contributed by atoms with Crippen LogP contribution in [0.4, 0.5) is 0 Å². The predicted molar refractivity (Wildman–Crippen MR) is 44.4 cm³/mol. The highest BCUT2D eigenvalue weighted by molar-refractivity contribution is 8.00. The number of hydrogen-bond acceptors (Lipinski definition) is 2. The molecule has 0 bridgehead atoms. The van der Waals surface area contributed by atoms with Crippen LogP contribution in [0.5, 0.6) is 0 Å². The maximum atomic E-state index is 4.23. The maximum absolute atomic E-state index is 4.23. The van der Waals surface area contributed by atoms with E-state index in [0.29, 0.717) is 5.25 Å². The molecule has 0 aromatic heterocycles. The zero-order valence-corrected chi connectivity index (χ0v) is 6.82. The number of hydrogen-bond donors (Lipinski definition) is 0. The van der Waals surface area contributed by atoms with E-state index in [-0.39, 0.29) is 0 Å². The van der Waals surface area contributed by atoms with Gasteiger partial charge in [-0.1, -0.05) is 13.8 Å². The smallest absolute Gasteiger partial charge is 0.0476 e. The third kappa shape index (κ3) is 2.01. The standard InChI is InChI=1S/C7H13NS/c1-6(2)7-5-8-3-4-9-7/h5-7H,3-4H2,1-2H3. The number of thioether (sulfide) groups is 1. The first-order chi connectivity index (χ1) is 4.30. The van der Waals surface area contributed by atoms with Crippen LogP contribution in [-0.4, -0.2) is 23.8 Å². The fourth-order valence-corrected chi connectivity index (χ4v) is 1.87. The van der Waals surface area contributed by atoms with Crippen LogP contribution < -0.4 is 0 Å². The molecule has 0 N–H and O–H groups in total. The highest BCUT2D eigenvalue weighted by Gasteiger charge is 2.12. The Morgan fingerprint density at radius 2 is 2.44 bits per heavy atom. The second-order valence-corrected chi connectivity index (χ2v) is 3.92. The lowest BCUT2D eigenvalue weighted by Crippen LogP contribution is -2.17. The number of aliphatic imine (C=N–C) groups is 1. The van der Waals surface area contributed by atoms with Crippen molar-refractivity contribution < 1.29 is 0 Å². The van der Waals surface area contributed by atoms with Gasteiger partial charge in [0.2, 0.25) is 0 Å². The largest absolute Gasteiger partial charge is 0.295 e. The Bertz CT molecular complexity index is 109. The third-order valence-corrected chi connectivity index (χ3v) is 2.91. The average Bonchev–Trinajstić information content (AvgIpc) is 1.90. The van der Waals surface area contributed by atoms with Gasteiger partial charge in [0.15, 0.2) is 0 Å². The summed E-state index contributed by atoms with van der Waals surface area (Å²) in [6, 6.07) is 0. The first-order valence-corrected chi connectivity index (χ1v) is 4.47. The second kappa shape index (κ2) is 3.25. The van der Waals surface area contributed by atoms with Crippen molar-refractivity contribution in [2.24, 2.45) is 10.9 Å². The lowest BCUT2D eigenvalue weighted by molar-refractivity contribution is 0.699. The molecule has 0 saturated heterocycles. The molecule has 1 heterocycles. The normalized spacial score (nSPS) is 27.2. The summed E-state index contributed by atoms with van der Waals surface area (Å²) in [7, 11) is 0. The van der Waals surface area contributed by atoms with E-state index < -0.39 is 0 Å². The molecule has 0 aliphatic carbocycles. The van der Waals surface area contributed by atoms with Crippen molar-refractivity contribution in [1.82, 2.24) is 0 Å². The van der Waals surface area contributed by atoms with Gasteiger partial charge in [-0.15, -0.1) is 0 Å². The molecule has 1 atom stereocenters. The van der Waals surface area contributed by atoms with Gasteiger partial charge in [-0.05, 0) is 5.92 Å². The second-order valence-electron chi connectivity index (χ2n) is 2.63. The topological polar surface area (TPSA) is 12.4 Å². The molecular formula is C7H13NS. The third-order valence-electron chi connectivity index (χ3n) is 1.44. The summed E-state index contributed by atoms with van der Waals surface area (Å²) in [4.78, 5) is 4.23. The molecular weight excluding hydrogens is 130 g/mol. The van der Waals surface area contributed by atoms with Crippen molar-refractivity contribution in [1.29, 1.82) is 0 Å². The molecule has 1 aliphatic heterocycles. The summed E-state index contributed by atoms with van der Waals surface area (Å²) in [6.45, 7) is 5.51. The molecule has 0 saturated carbocycles. The Balaban J connectivity index is 2.40. The van der Waals surface area contributed by atoms with Gasteiger partial charge in [0, 0.05) is 23.8 Å². The van der Waals surface area contributed by atoms with Crippen molar-refractivity contribution in [3.8, 4) is 0 Å². The molecule has 0 fully saturated rings. The Morgan fingerprint density at radius 1 is 1.67 bits per heavy atom. The summed E-state index contributed by atoms with van der Waals surface area (Å²) in [5, 5.41) is 0.679. The Hall–Kier alpha value is 0.0200. The first kappa shape index (κ1) is 7.13. The molecule has 1 aliphatic rings. The van der Waals surface area contributed by atoms with Gasteiger partial charge in [0.25, 0.3) is 0 Å². The maximum Gasteiger partial charge on any atom is 0.0476 e. The quantitative estimate of drug-likeness (QED) is 0.545. The van der Waals surface area contributed by atoms with Crippen LogP contribution in [0, 0.1) is 5.92 Å². The van der Waals surface area contributed by atoms with Crippen LogP contribution in [-0.2, 0) is 0 Å². The summed E-state index contributed by atoms with van der Waals surface area (Å²) >= 11 is 2.02. The summed E-state index contributed by atoms with van der Waals surface area (Å²) in [5.74, 6) is 1.96. The predicted octanol–water partition coefficient (Wildman–Crippen LogP) is 1.83. The lowest BCUT2D eigenvalue weighted by Gasteiger charge is -2.18.